The molecule has 0 amide bonds. The maximum absolute atomic E-state index is 10.1. The van der Waals surface area contributed by atoms with Gasteiger partial charge in [-0.25, -0.2) is 15.0 Å². The molecule has 0 aromatic carbocycles. The van der Waals surface area contributed by atoms with Gasteiger partial charge in [-0.2, -0.15) is 0 Å². The fraction of sp³-hybridized carbons (Fsp3) is 0.500. The normalized spacial score (nSPS) is 28.7. The summed E-state index contributed by atoms with van der Waals surface area (Å²) in [5.41, 5.74) is 13.1. The van der Waals surface area contributed by atoms with Crippen LogP contribution in [0.25, 0.3) is 11.2 Å². The molecule has 3 rings (SSSR count). The number of aliphatic hydroxyl groups excluding tert-OH is 2. The Bertz CT molecular complexity index is 711. The third kappa shape index (κ3) is 2.14. The first-order valence-corrected chi connectivity index (χ1v) is 6.11. The Morgan fingerprint density at radius 3 is 2.95 bits per heavy atom. The third-order valence-corrected chi connectivity index (χ3v) is 3.33. The van der Waals surface area contributed by atoms with E-state index in [0.717, 1.165) is 0 Å². The van der Waals surface area contributed by atoms with Crippen molar-refractivity contribution in [3.8, 4) is 0 Å². The second-order valence-corrected chi connectivity index (χ2v) is 4.55. The average molecular weight is 293 g/mol. The Labute approximate surface area is 117 Å². The molecule has 5 N–H and O–H groups in total. The minimum atomic E-state index is -1.19. The van der Waals surface area contributed by atoms with Crippen molar-refractivity contribution in [3.63, 3.8) is 0 Å². The van der Waals surface area contributed by atoms with Crippen LogP contribution in [0, 0.1) is 5.53 Å². The van der Waals surface area contributed by atoms with Gasteiger partial charge in [-0.05, 0) is 0 Å². The van der Waals surface area contributed by atoms with E-state index in [1.807, 2.05) is 0 Å². The molecule has 0 spiro atoms. The van der Waals surface area contributed by atoms with Crippen molar-refractivity contribution in [1.82, 2.24) is 24.4 Å². The van der Waals surface area contributed by atoms with E-state index in [1.165, 1.54) is 17.2 Å². The molecule has 0 bridgehead atoms. The van der Waals surface area contributed by atoms with Crippen LogP contribution in [0.5, 0.6) is 0 Å². The summed E-state index contributed by atoms with van der Waals surface area (Å²) in [7, 11) is 0. The molecule has 1 saturated heterocycles. The van der Waals surface area contributed by atoms with Gasteiger partial charge in [0, 0.05) is 0 Å². The van der Waals surface area contributed by atoms with E-state index >= 15 is 0 Å². The molecular weight excluding hydrogens is 280 g/mol. The van der Waals surface area contributed by atoms with Gasteiger partial charge in [-0.3, -0.25) is 4.57 Å². The third-order valence-electron chi connectivity index (χ3n) is 3.33. The highest BCUT2D eigenvalue weighted by molar-refractivity contribution is 5.81. The number of hydrogen-bond donors (Lipinski definition) is 4. The van der Waals surface area contributed by atoms with E-state index in [-0.39, 0.29) is 12.4 Å². The number of aliphatic hydroxyl groups is 2. The topological polar surface area (TPSA) is 170 Å². The van der Waals surface area contributed by atoms with Crippen molar-refractivity contribution >= 4 is 17.0 Å². The molecule has 1 aliphatic rings. The molecule has 0 saturated carbocycles. The standard InChI is InChI=1S/C10H13N8O3/c11-8-5-9(14-2-13-8)18(3-15-5)10-7(20)6(19)4(21-10)1-16-17-12/h2-4,6-7,10,12,19-20H,1H2,(H2,11,13,14)/q+1/t4-,6-,7-,10-/m1/s1. The number of nitrogens with zero attached hydrogens (tertiary/aromatic N) is 6. The summed E-state index contributed by atoms with van der Waals surface area (Å²) in [4.78, 5) is 14.8. The largest absolute Gasteiger partial charge is 0.387 e. The highest BCUT2D eigenvalue weighted by Gasteiger charge is 2.45. The van der Waals surface area contributed by atoms with Crippen molar-refractivity contribution in [3.05, 3.63) is 12.7 Å². The molecule has 11 nitrogen and oxygen atoms in total. The number of nitrogens with two attached hydrogens (primary N) is 1. The van der Waals surface area contributed by atoms with Gasteiger partial charge >= 0.3 is 0 Å². The fourth-order valence-electron chi connectivity index (χ4n) is 2.29. The first-order valence-electron chi connectivity index (χ1n) is 6.11. The highest BCUT2D eigenvalue weighted by atomic mass is 16.6. The summed E-state index contributed by atoms with van der Waals surface area (Å²) >= 11 is 0. The lowest BCUT2D eigenvalue weighted by molar-refractivity contribution is -0.0324. The summed E-state index contributed by atoms with van der Waals surface area (Å²) in [6, 6.07) is 0. The van der Waals surface area contributed by atoms with Crippen LogP contribution in [0.2, 0.25) is 0 Å². The number of anilines is 1. The Morgan fingerprint density at radius 1 is 1.38 bits per heavy atom. The Kier molecular flexibility index (Phi) is 3.31. The van der Waals surface area contributed by atoms with Gasteiger partial charge in [0.2, 0.25) is 4.91 Å². The highest BCUT2D eigenvalue weighted by Crippen LogP contribution is 2.31. The quantitative estimate of drug-likeness (QED) is 0.397. The van der Waals surface area contributed by atoms with Gasteiger partial charge in [0.1, 0.15) is 40.8 Å². The van der Waals surface area contributed by atoms with E-state index in [1.54, 1.807) is 0 Å². The molecule has 4 atom stereocenters. The van der Waals surface area contributed by atoms with Crippen LogP contribution in [-0.4, -0.2) is 54.6 Å². The van der Waals surface area contributed by atoms with Gasteiger partial charge in [-0.1, -0.05) is 0 Å². The van der Waals surface area contributed by atoms with Crippen LogP contribution in [0.3, 0.4) is 0 Å². The number of nitrogen functional groups attached to an aromatic ring is 1. The zero-order valence-electron chi connectivity index (χ0n) is 10.7. The maximum atomic E-state index is 10.1. The van der Waals surface area contributed by atoms with Crippen molar-refractivity contribution < 1.29 is 14.9 Å². The molecule has 2 aromatic rings. The Morgan fingerprint density at radius 2 is 2.19 bits per heavy atom. The number of hydrogen-bond acceptors (Lipinski definition) is 9. The number of aromatic nitrogens is 4. The first-order chi connectivity index (χ1) is 10.1. The number of ether oxygens (including phenoxy) is 1. The van der Waals surface area contributed by atoms with Crippen LogP contribution in [0.4, 0.5) is 5.82 Å². The van der Waals surface area contributed by atoms with Crippen LogP contribution in [-0.2, 0) is 4.74 Å². The first kappa shape index (κ1) is 13.5. The average Bonchev–Trinajstić information content (AvgIpc) is 3.02. The van der Waals surface area contributed by atoms with E-state index in [4.69, 9.17) is 16.0 Å². The summed E-state index contributed by atoms with van der Waals surface area (Å²) in [5, 5.41) is 23.5. The molecule has 110 valence electrons. The summed E-state index contributed by atoms with van der Waals surface area (Å²) in [6.45, 7) is -0.0258. The number of fused-ring (bicyclic) bond motifs is 1. The zero-order valence-corrected chi connectivity index (χ0v) is 10.7. The Hall–Kier alpha value is -2.46. The van der Waals surface area contributed by atoms with Crippen LogP contribution in [0.1, 0.15) is 6.23 Å². The molecule has 3 heterocycles. The summed E-state index contributed by atoms with van der Waals surface area (Å²) < 4.78 is 7.04. The molecule has 11 heteroatoms. The van der Waals surface area contributed by atoms with E-state index in [9.17, 15) is 10.2 Å². The molecule has 0 unspecified atom stereocenters. The van der Waals surface area contributed by atoms with Gasteiger partial charge in [0.15, 0.2) is 24.2 Å². The van der Waals surface area contributed by atoms with Gasteiger partial charge in [0.05, 0.1) is 6.33 Å². The second-order valence-electron chi connectivity index (χ2n) is 4.55. The van der Waals surface area contributed by atoms with Crippen LogP contribution >= 0.6 is 0 Å². The van der Waals surface area contributed by atoms with Crippen molar-refractivity contribution in [2.75, 3.05) is 12.3 Å². The van der Waals surface area contributed by atoms with Crippen LogP contribution < -0.4 is 10.6 Å². The number of nitrogens with one attached hydrogen (secondary N) is 1. The maximum Gasteiger partial charge on any atom is 0.214 e. The summed E-state index contributed by atoms with van der Waals surface area (Å²) in [6.07, 6.45) is -1.31. The SMILES string of the molecule is N=[N+]=NC[C@H]1O[C@@H](n2cnc3c(N)ncnc32)[C@H](O)[C@@H]1O. The lowest BCUT2D eigenvalue weighted by Crippen LogP contribution is -2.32. The van der Waals surface area contributed by atoms with Crippen LogP contribution in [0.15, 0.2) is 17.8 Å². The Balaban J connectivity index is 1.95. The second kappa shape index (κ2) is 5.14. The van der Waals surface area contributed by atoms with Gasteiger partial charge in [-0.15, -0.1) is 0 Å². The monoisotopic (exact) mass is 293 g/mol. The van der Waals surface area contributed by atoms with Crippen molar-refractivity contribution in [2.45, 2.75) is 24.5 Å². The molecule has 1 aliphatic heterocycles. The molecule has 21 heavy (non-hydrogen) atoms. The predicted octanol–water partition coefficient (Wildman–Crippen LogP) is -1.42. The van der Waals surface area contributed by atoms with Crippen molar-refractivity contribution in [2.24, 2.45) is 5.11 Å². The molecule has 0 radical (unpaired) electrons. The zero-order chi connectivity index (χ0) is 15.0. The predicted molar refractivity (Wildman–Crippen MR) is 67.8 cm³/mol. The minimum Gasteiger partial charge on any atom is -0.387 e. The molecule has 2 aromatic heterocycles. The van der Waals surface area contributed by atoms with E-state index < -0.39 is 24.5 Å². The minimum absolute atomic E-state index is 0.0258. The number of rotatable bonds is 3. The van der Waals surface area contributed by atoms with Gasteiger partial charge < -0.3 is 20.7 Å². The molecular formula is C10H13N8O3+. The smallest absolute Gasteiger partial charge is 0.214 e. The van der Waals surface area contributed by atoms with Gasteiger partial charge in [0.25, 0.3) is 0 Å². The number of imidazole rings is 1. The summed E-state index contributed by atoms with van der Waals surface area (Å²) in [5.74, 6) is 0.214. The molecule has 1 fully saturated rings. The van der Waals surface area contributed by atoms with Crippen molar-refractivity contribution in [1.29, 1.82) is 5.53 Å². The van der Waals surface area contributed by atoms with E-state index in [2.05, 4.69) is 25.0 Å². The lowest BCUT2D eigenvalue weighted by atomic mass is 10.1. The lowest BCUT2D eigenvalue weighted by Gasteiger charge is -2.16. The molecule has 0 aliphatic carbocycles. The van der Waals surface area contributed by atoms with E-state index in [0.29, 0.717) is 11.2 Å². The fourth-order valence-corrected chi connectivity index (χ4v) is 2.29.